The standard InChI is InChI=1S/C15H16O2/c16-15(12-4-2-1-3-5-12)17-14-9-7-11-6-8-13(14)10-11/h1-5,7,9,11,13-14H,6,8,10H2/t11-,13-,14-/m1/s1. The Labute approximate surface area is 101 Å². The summed E-state index contributed by atoms with van der Waals surface area (Å²) in [4.78, 5) is 11.9. The van der Waals surface area contributed by atoms with Crippen molar-refractivity contribution in [2.45, 2.75) is 25.4 Å². The quantitative estimate of drug-likeness (QED) is 0.574. The summed E-state index contributed by atoms with van der Waals surface area (Å²) >= 11 is 0. The maximum absolute atomic E-state index is 11.9. The van der Waals surface area contributed by atoms with Crippen molar-refractivity contribution in [1.29, 1.82) is 0 Å². The largest absolute Gasteiger partial charge is 0.454 e. The molecule has 0 unspecified atom stereocenters. The number of rotatable bonds is 2. The van der Waals surface area contributed by atoms with Crippen molar-refractivity contribution < 1.29 is 9.53 Å². The molecular weight excluding hydrogens is 212 g/mol. The monoisotopic (exact) mass is 228 g/mol. The molecule has 0 heterocycles. The summed E-state index contributed by atoms with van der Waals surface area (Å²) in [5.41, 5.74) is 0.640. The molecule has 0 aromatic heterocycles. The van der Waals surface area contributed by atoms with Gasteiger partial charge in [0.05, 0.1) is 5.56 Å². The van der Waals surface area contributed by atoms with Crippen molar-refractivity contribution in [3.05, 3.63) is 48.0 Å². The van der Waals surface area contributed by atoms with E-state index in [4.69, 9.17) is 4.74 Å². The first kappa shape index (κ1) is 10.6. The van der Waals surface area contributed by atoms with E-state index in [2.05, 4.69) is 12.2 Å². The van der Waals surface area contributed by atoms with E-state index in [1.54, 1.807) is 12.1 Å². The van der Waals surface area contributed by atoms with E-state index in [-0.39, 0.29) is 12.1 Å². The van der Waals surface area contributed by atoms with E-state index in [1.165, 1.54) is 19.3 Å². The van der Waals surface area contributed by atoms with Gasteiger partial charge in [-0.05, 0) is 43.4 Å². The van der Waals surface area contributed by atoms with E-state index in [0.29, 0.717) is 11.5 Å². The van der Waals surface area contributed by atoms with Gasteiger partial charge in [-0.2, -0.15) is 0 Å². The molecule has 1 fully saturated rings. The van der Waals surface area contributed by atoms with Gasteiger partial charge in [0.15, 0.2) is 0 Å². The molecule has 3 atom stereocenters. The fourth-order valence-corrected chi connectivity index (χ4v) is 2.85. The highest BCUT2D eigenvalue weighted by Crippen LogP contribution is 2.39. The number of fused-ring (bicyclic) bond motifs is 2. The summed E-state index contributed by atoms with van der Waals surface area (Å²) in [6.45, 7) is 0. The number of hydrogen-bond acceptors (Lipinski definition) is 2. The predicted molar refractivity (Wildman–Crippen MR) is 65.6 cm³/mol. The lowest BCUT2D eigenvalue weighted by Gasteiger charge is -2.23. The van der Waals surface area contributed by atoms with Crippen LogP contribution in [0.2, 0.25) is 0 Å². The highest BCUT2D eigenvalue weighted by molar-refractivity contribution is 5.89. The molecule has 0 spiro atoms. The average Bonchev–Trinajstić information content (AvgIpc) is 2.77. The van der Waals surface area contributed by atoms with Crippen molar-refractivity contribution in [1.82, 2.24) is 0 Å². The summed E-state index contributed by atoms with van der Waals surface area (Å²) in [5, 5.41) is 0. The zero-order valence-electron chi connectivity index (χ0n) is 9.71. The molecule has 0 radical (unpaired) electrons. The SMILES string of the molecule is O=C(O[C@@H]1C=C[C@H]2CC[C@@H]1C2)c1ccccc1. The maximum Gasteiger partial charge on any atom is 0.338 e. The number of esters is 1. The summed E-state index contributed by atoms with van der Waals surface area (Å²) in [5.74, 6) is 1.06. The number of carbonyl (C=O) groups is 1. The van der Waals surface area contributed by atoms with Crippen LogP contribution in [-0.2, 0) is 4.74 Å². The molecule has 2 nitrogen and oxygen atoms in total. The molecule has 1 aromatic rings. The Morgan fingerprint density at radius 2 is 1.94 bits per heavy atom. The highest BCUT2D eigenvalue weighted by atomic mass is 16.5. The van der Waals surface area contributed by atoms with E-state index >= 15 is 0 Å². The maximum atomic E-state index is 11.9. The minimum atomic E-state index is -0.203. The van der Waals surface area contributed by atoms with Crippen molar-refractivity contribution in [2.24, 2.45) is 11.8 Å². The lowest BCUT2D eigenvalue weighted by atomic mass is 9.93. The van der Waals surface area contributed by atoms with E-state index in [0.717, 1.165) is 5.92 Å². The Morgan fingerprint density at radius 1 is 1.12 bits per heavy atom. The molecule has 0 aliphatic heterocycles. The van der Waals surface area contributed by atoms with Gasteiger partial charge in [-0.15, -0.1) is 0 Å². The minimum absolute atomic E-state index is 0.0125. The summed E-state index contributed by atoms with van der Waals surface area (Å²) in [6.07, 6.45) is 7.90. The number of ether oxygens (including phenoxy) is 1. The Hall–Kier alpha value is -1.57. The molecule has 2 heteroatoms. The molecule has 1 saturated carbocycles. The Bertz CT molecular complexity index is 435. The van der Waals surface area contributed by atoms with Gasteiger partial charge in [0.25, 0.3) is 0 Å². The number of hydrogen-bond donors (Lipinski definition) is 0. The summed E-state index contributed by atoms with van der Waals surface area (Å²) < 4.78 is 5.58. The van der Waals surface area contributed by atoms with Crippen molar-refractivity contribution >= 4 is 5.97 Å². The Balaban J connectivity index is 1.70. The minimum Gasteiger partial charge on any atom is -0.454 e. The van der Waals surface area contributed by atoms with Crippen LogP contribution in [0.15, 0.2) is 42.5 Å². The van der Waals surface area contributed by atoms with Crippen molar-refractivity contribution in [2.75, 3.05) is 0 Å². The molecule has 2 bridgehead atoms. The van der Waals surface area contributed by atoms with Gasteiger partial charge in [-0.25, -0.2) is 4.79 Å². The molecule has 2 aliphatic rings. The lowest BCUT2D eigenvalue weighted by molar-refractivity contribution is 0.0267. The smallest absolute Gasteiger partial charge is 0.338 e. The number of allylic oxidation sites excluding steroid dienone is 1. The second-order valence-electron chi connectivity index (χ2n) is 4.95. The van der Waals surface area contributed by atoms with E-state index in [1.807, 2.05) is 18.2 Å². The zero-order chi connectivity index (χ0) is 11.7. The van der Waals surface area contributed by atoms with E-state index < -0.39 is 0 Å². The third kappa shape index (κ3) is 2.12. The molecule has 1 aromatic carbocycles. The molecule has 0 saturated heterocycles. The molecule has 0 N–H and O–H groups in total. The van der Waals surface area contributed by atoms with Crippen LogP contribution in [0.4, 0.5) is 0 Å². The Morgan fingerprint density at radius 3 is 2.76 bits per heavy atom. The van der Waals surface area contributed by atoms with Gasteiger partial charge in [-0.3, -0.25) is 0 Å². The van der Waals surface area contributed by atoms with Gasteiger partial charge < -0.3 is 4.74 Å². The number of benzene rings is 1. The van der Waals surface area contributed by atoms with Crippen LogP contribution >= 0.6 is 0 Å². The van der Waals surface area contributed by atoms with Gasteiger partial charge >= 0.3 is 5.97 Å². The van der Waals surface area contributed by atoms with Gasteiger partial charge in [0.1, 0.15) is 6.10 Å². The first-order valence-corrected chi connectivity index (χ1v) is 6.27. The van der Waals surface area contributed by atoms with Crippen LogP contribution in [0, 0.1) is 11.8 Å². The normalized spacial score (nSPS) is 30.2. The summed E-state index contributed by atoms with van der Waals surface area (Å²) in [6, 6.07) is 9.22. The van der Waals surface area contributed by atoms with Gasteiger partial charge in [0.2, 0.25) is 0 Å². The Kier molecular flexibility index (Phi) is 2.71. The predicted octanol–water partition coefficient (Wildman–Crippen LogP) is 3.20. The van der Waals surface area contributed by atoms with Crippen LogP contribution in [-0.4, -0.2) is 12.1 Å². The van der Waals surface area contributed by atoms with Crippen LogP contribution in [0.5, 0.6) is 0 Å². The van der Waals surface area contributed by atoms with Crippen LogP contribution in [0.25, 0.3) is 0 Å². The molecule has 0 amide bonds. The molecular formula is C15H16O2. The fourth-order valence-electron chi connectivity index (χ4n) is 2.85. The first-order chi connectivity index (χ1) is 8.33. The zero-order valence-corrected chi connectivity index (χ0v) is 9.71. The number of carbonyl (C=O) groups excluding carboxylic acids is 1. The highest BCUT2D eigenvalue weighted by Gasteiger charge is 2.34. The van der Waals surface area contributed by atoms with Crippen molar-refractivity contribution in [3.8, 4) is 0 Å². The topological polar surface area (TPSA) is 26.3 Å². The van der Waals surface area contributed by atoms with Gasteiger partial charge in [-0.1, -0.05) is 24.3 Å². The first-order valence-electron chi connectivity index (χ1n) is 6.27. The average molecular weight is 228 g/mol. The molecule has 88 valence electrons. The molecule has 3 rings (SSSR count). The van der Waals surface area contributed by atoms with Gasteiger partial charge in [0, 0.05) is 5.92 Å². The van der Waals surface area contributed by atoms with Crippen molar-refractivity contribution in [3.63, 3.8) is 0 Å². The molecule has 17 heavy (non-hydrogen) atoms. The second kappa shape index (κ2) is 4.36. The lowest BCUT2D eigenvalue weighted by Crippen LogP contribution is -2.25. The second-order valence-corrected chi connectivity index (χ2v) is 4.95. The molecule has 2 aliphatic carbocycles. The van der Waals surface area contributed by atoms with Crippen LogP contribution < -0.4 is 0 Å². The van der Waals surface area contributed by atoms with E-state index in [9.17, 15) is 4.79 Å². The fraction of sp³-hybridized carbons (Fsp3) is 0.400. The van der Waals surface area contributed by atoms with Crippen LogP contribution in [0.1, 0.15) is 29.6 Å². The summed E-state index contributed by atoms with van der Waals surface area (Å²) in [7, 11) is 0. The third-order valence-corrected chi connectivity index (χ3v) is 3.80. The third-order valence-electron chi connectivity index (χ3n) is 3.80. The van der Waals surface area contributed by atoms with Crippen LogP contribution in [0.3, 0.4) is 0 Å².